The Labute approximate surface area is 208 Å². The molecule has 0 saturated carbocycles. The van der Waals surface area contributed by atoms with Crippen molar-refractivity contribution in [3.63, 3.8) is 0 Å². The lowest BCUT2D eigenvalue weighted by Gasteiger charge is -2.13. The van der Waals surface area contributed by atoms with E-state index < -0.39 is 0 Å². The number of carbonyl (C=O) groups is 1. The Morgan fingerprint density at radius 2 is 2.00 bits per heavy atom. The molecule has 4 aromatic rings. The van der Waals surface area contributed by atoms with E-state index in [1.807, 2.05) is 30.3 Å². The van der Waals surface area contributed by atoms with Gasteiger partial charge in [-0.25, -0.2) is 14.6 Å². The molecule has 2 heterocycles. The van der Waals surface area contributed by atoms with E-state index in [1.165, 1.54) is 27.8 Å². The number of hydrogen-bond acceptors (Lipinski definition) is 6. The molecule has 5 rings (SSSR count). The number of amides is 1. The Kier molecular flexibility index (Phi) is 6.43. The third-order valence-corrected chi connectivity index (χ3v) is 7.62. The summed E-state index contributed by atoms with van der Waals surface area (Å²) in [4.78, 5) is 23.2. The number of carbonyl (C=O) groups excluding carboxylic acids is 1. The van der Waals surface area contributed by atoms with Gasteiger partial charge in [0, 0.05) is 20.5 Å². The third kappa shape index (κ3) is 4.80. The van der Waals surface area contributed by atoms with Crippen molar-refractivity contribution in [2.45, 2.75) is 24.5 Å². The summed E-state index contributed by atoms with van der Waals surface area (Å²) >= 11 is 6.32. The first-order valence-electron chi connectivity index (χ1n) is 10.4. The molecule has 33 heavy (non-hydrogen) atoms. The van der Waals surface area contributed by atoms with Crippen molar-refractivity contribution in [3.8, 4) is 22.6 Å². The lowest BCUT2D eigenvalue weighted by atomic mass is 9.94. The van der Waals surface area contributed by atoms with E-state index in [0.29, 0.717) is 16.8 Å². The summed E-state index contributed by atoms with van der Waals surface area (Å²) in [6.07, 6.45) is 3.74. The first kappa shape index (κ1) is 22.1. The van der Waals surface area contributed by atoms with Gasteiger partial charge in [-0.15, -0.1) is 23.0 Å². The highest BCUT2D eigenvalue weighted by atomic mass is 79.9. The fourth-order valence-corrected chi connectivity index (χ4v) is 5.63. The Morgan fingerprint density at radius 1 is 1.18 bits per heavy atom. The van der Waals surface area contributed by atoms with Gasteiger partial charge in [0.1, 0.15) is 0 Å². The van der Waals surface area contributed by atoms with E-state index >= 15 is 0 Å². The molecule has 166 valence electrons. The number of rotatable bonds is 7. The lowest BCUT2D eigenvalue weighted by molar-refractivity contribution is -0.113. The first-order valence-corrected chi connectivity index (χ1v) is 13.0. The number of thioether (sulfide) groups is 1. The van der Waals surface area contributed by atoms with Crippen molar-refractivity contribution < 1.29 is 4.79 Å². The van der Waals surface area contributed by atoms with Gasteiger partial charge in [0.05, 0.1) is 18.0 Å². The van der Waals surface area contributed by atoms with E-state index in [-0.39, 0.29) is 11.7 Å². The highest BCUT2D eigenvalue weighted by Gasteiger charge is 2.21. The summed E-state index contributed by atoms with van der Waals surface area (Å²) in [5.41, 5.74) is 4.43. The van der Waals surface area contributed by atoms with Gasteiger partial charge in [0.15, 0.2) is 11.0 Å². The van der Waals surface area contributed by atoms with Crippen molar-refractivity contribution >= 4 is 50.1 Å². The SMILES string of the molecule is C=CCn1nc(SCC(=O)Nc2nc3c(s2)CCc2ccccc2-3)nc1-c1ccc(Br)cc1. The maximum Gasteiger partial charge on any atom is 0.236 e. The van der Waals surface area contributed by atoms with Crippen molar-refractivity contribution in [2.24, 2.45) is 0 Å². The van der Waals surface area contributed by atoms with Crippen LogP contribution in [0.15, 0.2) is 70.8 Å². The highest BCUT2D eigenvalue weighted by molar-refractivity contribution is 9.10. The van der Waals surface area contributed by atoms with Crippen molar-refractivity contribution in [2.75, 3.05) is 11.1 Å². The quantitative estimate of drug-likeness (QED) is 0.236. The van der Waals surface area contributed by atoms with Crippen LogP contribution in [0.3, 0.4) is 0 Å². The predicted molar refractivity (Wildman–Crippen MR) is 138 cm³/mol. The number of benzene rings is 2. The second-order valence-corrected chi connectivity index (χ2v) is 10.4. The van der Waals surface area contributed by atoms with Gasteiger partial charge in [-0.05, 0) is 30.5 Å². The van der Waals surface area contributed by atoms with Crippen LogP contribution in [0.2, 0.25) is 0 Å². The number of allylic oxidation sites excluding steroid dienone is 1. The number of hydrogen-bond donors (Lipinski definition) is 1. The van der Waals surface area contributed by atoms with Crippen LogP contribution in [0, 0.1) is 0 Å². The molecular formula is C24H20BrN5OS2. The van der Waals surface area contributed by atoms with E-state index in [1.54, 1.807) is 22.1 Å². The number of anilines is 1. The predicted octanol–water partition coefficient (Wildman–Crippen LogP) is 5.85. The minimum atomic E-state index is -0.121. The smallest absolute Gasteiger partial charge is 0.236 e. The van der Waals surface area contributed by atoms with Gasteiger partial charge in [0.25, 0.3) is 0 Å². The normalized spacial score (nSPS) is 12.2. The molecule has 6 nitrogen and oxygen atoms in total. The minimum absolute atomic E-state index is 0.121. The van der Waals surface area contributed by atoms with E-state index in [0.717, 1.165) is 34.4 Å². The second kappa shape index (κ2) is 9.62. The summed E-state index contributed by atoms with van der Waals surface area (Å²) in [6.45, 7) is 4.34. The number of thiazole rings is 1. The van der Waals surface area contributed by atoms with Gasteiger partial charge in [-0.2, -0.15) is 0 Å². The van der Waals surface area contributed by atoms with Gasteiger partial charge in [-0.3, -0.25) is 4.79 Å². The number of aromatic nitrogens is 4. The average Bonchev–Trinajstić information content (AvgIpc) is 3.42. The summed E-state index contributed by atoms with van der Waals surface area (Å²) < 4.78 is 2.79. The van der Waals surface area contributed by atoms with Crippen LogP contribution >= 0.6 is 39.0 Å². The molecule has 2 aromatic heterocycles. The molecule has 0 aliphatic heterocycles. The van der Waals surface area contributed by atoms with E-state index in [4.69, 9.17) is 4.98 Å². The highest BCUT2D eigenvalue weighted by Crippen LogP contribution is 2.38. The van der Waals surface area contributed by atoms with Crippen LogP contribution in [0.25, 0.3) is 22.6 Å². The fourth-order valence-electron chi connectivity index (χ4n) is 3.73. The van der Waals surface area contributed by atoms with Crippen molar-refractivity contribution in [3.05, 3.63) is 76.1 Å². The van der Waals surface area contributed by atoms with Crippen LogP contribution in [0.4, 0.5) is 5.13 Å². The molecule has 0 bridgehead atoms. The zero-order chi connectivity index (χ0) is 22.8. The van der Waals surface area contributed by atoms with Gasteiger partial charge >= 0.3 is 0 Å². The molecule has 1 aliphatic rings. The Bertz CT molecular complexity index is 1330. The van der Waals surface area contributed by atoms with Gasteiger partial charge in [-0.1, -0.05) is 70.2 Å². The molecule has 9 heteroatoms. The maximum atomic E-state index is 12.6. The van der Waals surface area contributed by atoms with Gasteiger partial charge in [0.2, 0.25) is 11.1 Å². The molecule has 1 aliphatic carbocycles. The zero-order valence-electron chi connectivity index (χ0n) is 17.6. The zero-order valence-corrected chi connectivity index (χ0v) is 20.8. The minimum Gasteiger partial charge on any atom is -0.301 e. The molecule has 0 saturated heterocycles. The van der Waals surface area contributed by atoms with Crippen molar-refractivity contribution in [1.82, 2.24) is 19.7 Å². The lowest BCUT2D eigenvalue weighted by Crippen LogP contribution is -2.14. The fraction of sp³-hybridized carbons (Fsp3) is 0.167. The Morgan fingerprint density at radius 3 is 2.82 bits per heavy atom. The number of nitrogens with one attached hydrogen (secondary N) is 1. The molecule has 0 unspecified atom stereocenters. The first-order chi connectivity index (χ1) is 16.1. The molecule has 1 amide bonds. The Hall–Kier alpha value is -2.75. The van der Waals surface area contributed by atoms with Crippen LogP contribution in [0.5, 0.6) is 0 Å². The molecular weight excluding hydrogens is 518 g/mol. The van der Waals surface area contributed by atoms with Crippen LogP contribution in [-0.2, 0) is 24.2 Å². The largest absolute Gasteiger partial charge is 0.301 e. The third-order valence-electron chi connectivity index (χ3n) is 5.23. The second-order valence-electron chi connectivity index (χ2n) is 7.48. The summed E-state index contributed by atoms with van der Waals surface area (Å²) in [6, 6.07) is 16.2. The average molecular weight is 538 g/mol. The number of aryl methyl sites for hydroxylation is 2. The Balaban J connectivity index is 1.27. The van der Waals surface area contributed by atoms with Crippen LogP contribution in [0.1, 0.15) is 10.4 Å². The number of fused-ring (bicyclic) bond motifs is 3. The number of nitrogens with zero attached hydrogens (tertiary/aromatic N) is 4. The topological polar surface area (TPSA) is 72.7 Å². The van der Waals surface area contributed by atoms with E-state index in [2.05, 4.69) is 56.1 Å². The van der Waals surface area contributed by atoms with Gasteiger partial charge < -0.3 is 5.32 Å². The van der Waals surface area contributed by atoms with Crippen LogP contribution in [-0.4, -0.2) is 31.4 Å². The molecule has 1 N–H and O–H groups in total. The van der Waals surface area contributed by atoms with E-state index in [9.17, 15) is 4.79 Å². The maximum absolute atomic E-state index is 12.6. The monoisotopic (exact) mass is 537 g/mol. The van der Waals surface area contributed by atoms with Crippen molar-refractivity contribution in [1.29, 1.82) is 0 Å². The molecule has 2 aromatic carbocycles. The molecule has 0 atom stereocenters. The molecule has 0 spiro atoms. The standard InChI is InChI=1S/C24H20BrN5OS2/c1-2-13-30-22(16-7-10-17(25)11-8-16)28-24(29-30)32-14-20(31)26-23-27-21-18-6-4-3-5-15(18)9-12-19(21)33-23/h2-8,10-11H,1,9,12-14H2,(H,26,27,31). The summed E-state index contributed by atoms with van der Waals surface area (Å²) in [5.74, 6) is 0.833. The molecule has 0 radical (unpaired) electrons. The summed E-state index contributed by atoms with van der Waals surface area (Å²) in [7, 11) is 0. The number of halogens is 1. The summed E-state index contributed by atoms with van der Waals surface area (Å²) in [5, 5.41) is 8.69. The molecule has 0 fully saturated rings. The van der Waals surface area contributed by atoms with Crippen LogP contribution < -0.4 is 5.32 Å².